The van der Waals surface area contributed by atoms with Crippen molar-refractivity contribution in [2.75, 3.05) is 7.11 Å². The zero-order valence-corrected chi connectivity index (χ0v) is 18.2. The van der Waals surface area contributed by atoms with E-state index in [1.165, 1.54) is 31.4 Å². The summed E-state index contributed by atoms with van der Waals surface area (Å²) in [5.74, 6) is -1.43. The minimum Gasteiger partial charge on any atom is -0.494 e. The summed E-state index contributed by atoms with van der Waals surface area (Å²) >= 11 is 0. The lowest BCUT2D eigenvalue weighted by atomic mass is 9.85. The molecule has 0 saturated heterocycles. The van der Waals surface area contributed by atoms with E-state index in [4.69, 9.17) is 4.74 Å². The fraction of sp³-hybridized carbons (Fsp3) is 0.409. The molecule has 6 nitrogen and oxygen atoms in total. The van der Waals surface area contributed by atoms with Crippen LogP contribution in [0.2, 0.25) is 0 Å². The van der Waals surface area contributed by atoms with Crippen LogP contribution in [0.25, 0.3) is 0 Å². The van der Waals surface area contributed by atoms with E-state index >= 15 is 0 Å². The van der Waals surface area contributed by atoms with Gasteiger partial charge in [-0.15, -0.1) is 0 Å². The third kappa shape index (κ3) is 5.80. The Morgan fingerprint density at radius 2 is 1.71 bits per heavy atom. The second-order valence-electron chi connectivity index (χ2n) is 7.75. The number of ether oxygens (including phenoxy) is 1. The van der Waals surface area contributed by atoms with Gasteiger partial charge in [0.2, 0.25) is 15.9 Å². The van der Waals surface area contributed by atoms with Gasteiger partial charge in [-0.2, -0.15) is 0 Å². The van der Waals surface area contributed by atoms with E-state index in [9.17, 15) is 22.0 Å². The molecule has 3 rings (SSSR count). The van der Waals surface area contributed by atoms with Gasteiger partial charge in [0, 0.05) is 12.0 Å². The van der Waals surface area contributed by atoms with Crippen molar-refractivity contribution in [2.45, 2.75) is 49.6 Å². The number of rotatable bonds is 7. The van der Waals surface area contributed by atoms with E-state index in [0.717, 1.165) is 11.6 Å². The van der Waals surface area contributed by atoms with Crippen molar-refractivity contribution < 1.29 is 26.7 Å². The van der Waals surface area contributed by atoms with Gasteiger partial charge in [-0.3, -0.25) is 4.79 Å². The molecule has 1 saturated carbocycles. The van der Waals surface area contributed by atoms with Gasteiger partial charge in [0.15, 0.2) is 11.6 Å². The first-order valence-electron chi connectivity index (χ1n) is 10.1. The van der Waals surface area contributed by atoms with Gasteiger partial charge in [0.25, 0.3) is 0 Å². The van der Waals surface area contributed by atoms with Gasteiger partial charge >= 0.3 is 0 Å². The molecule has 2 aromatic carbocycles. The van der Waals surface area contributed by atoms with Gasteiger partial charge in [0.05, 0.1) is 18.0 Å². The highest BCUT2D eigenvalue weighted by Crippen LogP contribution is 2.27. The summed E-state index contributed by atoms with van der Waals surface area (Å²) in [5.41, 5.74) is 0.808. The first kappa shape index (κ1) is 23.1. The van der Waals surface area contributed by atoms with Crippen LogP contribution in [0.5, 0.6) is 5.75 Å². The molecule has 0 aliphatic heterocycles. The normalized spacial score (nSPS) is 20.1. The van der Waals surface area contributed by atoms with Crippen LogP contribution in [-0.4, -0.2) is 27.5 Å². The standard InChI is InChI=1S/C22H26F2N2O4S/c1-14(15-3-7-17(23)8-4-15)25-22(27)16-5-9-18(10-6-16)26-31(28,29)19-11-12-21(30-2)20(24)13-19/h3-4,7-8,11-14,16,18,26H,5-6,9-10H2,1-2H3,(H,25,27). The predicted molar refractivity (Wildman–Crippen MR) is 112 cm³/mol. The molecule has 1 amide bonds. The number of hydrogen-bond acceptors (Lipinski definition) is 4. The van der Waals surface area contributed by atoms with Crippen molar-refractivity contribution >= 4 is 15.9 Å². The maximum absolute atomic E-state index is 13.9. The molecular weight excluding hydrogens is 426 g/mol. The van der Waals surface area contributed by atoms with Crippen molar-refractivity contribution in [1.29, 1.82) is 0 Å². The van der Waals surface area contributed by atoms with E-state index in [0.29, 0.717) is 25.7 Å². The highest BCUT2D eigenvalue weighted by Gasteiger charge is 2.30. The summed E-state index contributed by atoms with van der Waals surface area (Å²) < 4.78 is 59.5. The maximum Gasteiger partial charge on any atom is 0.240 e. The summed E-state index contributed by atoms with van der Waals surface area (Å²) in [6.07, 6.45) is 2.07. The molecule has 0 radical (unpaired) electrons. The van der Waals surface area contributed by atoms with Gasteiger partial charge in [0.1, 0.15) is 5.82 Å². The minimum atomic E-state index is -3.88. The zero-order chi connectivity index (χ0) is 22.6. The van der Waals surface area contributed by atoms with Crippen LogP contribution in [0.3, 0.4) is 0 Å². The average molecular weight is 453 g/mol. The number of carbonyl (C=O) groups is 1. The number of amides is 1. The smallest absolute Gasteiger partial charge is 0.240 e. The molecule has 31 heavy (non-hydrogen) atoms. The van der Waals surface area contributed by atoms with E-state index < -0.39 is 15.8 Å². The quantitative estimate of drug-likeness (QED) is 0.671. The molecule has 1 aliphatic rings. The minimum absolute atomic E-state index is 0.0275. The highest BCUT2D eigenvalue weighted by molar-refractivity contribution is 7.89. The lowest BCUT2D eigenvalue weighted by molar-refractivity contribution is -0.126. The monoisotopic (exact) mass is 452 g/mol. The summed E-state index contributed by atoms with van der Waals surface area (Å²) in [4.78, 5) is 12.4. The second-order valence-corrected chi connectivity index (χ2v) is 9.46. The Balaban J connectivity index is 1.53. The van der Waals surface area contributed by atoms with Crippen LogP contribution in [0.1, 0.15) is 44.2 Å². The van der Waals surface area contributed by atoms with Crippen molar-refractivity contribution in [3.05, 3.63) is 59.7 Å². The van der Waals surface area contributed by atoms with Gasteiger partial charge in [-0.1, -0.05) is 12.1 Å². The molecule has 1 unspecified atom stereocenters. The van der Waals surface area contributed by atoms with Crippen molar-refractivity contribution in [2.24, 2.45) is 5.92 Å². The average Bonchev–Trinajstić information content (AvgIpc) is 2.74. The maximum atomic E-state index is 13.9. The molecule has 1 fully saturated rings. The second kappa shape index (κ2) is 9.74. The van der Waals surface area contributed by atoms with Crippen LogP contribution in [-0.2, 0) is 14.8 Å². The van der Waals surface area contributed by atoms with Crippen LogP contribution in [0, 0.1) is 17.6 Å². The Bertz CT molecular complexity index is 1020. The van der Waals surface area contributed by atoms with Gasteiger partial charge in [-0.25, -0.2) is 21.9 Å². The largest absolute Gasteiger partial charge is 0.494 e. The summed E-state index contributed by atoms with van der Waals surface area (Å²) in [6, 6.07) is 8.88. The van der Waals surface area contributed by atoms with E-state index in [-0.39, 0.29) is 40.4 Å². The van der Waals surface area contributed by atoms with Crippen molar-refractivity contribution in [3.63, 3.8) is 0 Å². The molecule has 1 aliphatic carbocycles. The molecule has 1 atom stereocenters. The van der Waals surface area contributed by atoms with Crippen LogP contribution >= 0.6 is 0 Å². The first-order chi connectivity index (χ1) is 14.7. The van der Waals surface area contributed by atoms with Crippen LogP contribution in [0.15, 0.2) is 47.4 Å². The Kier molecular flexibility index (Phi) is 7.27. The summed E-state index contributed by atoms with van der Waals surface area (Å²) in [7, 11) is -2.58. The fourth-order valence-electron chi connectivity index (χ4n) is 3.74. The summed E-state index contributed by atoms with van der Waals surface area (Å²) in [5, 5.41) is 2.94. The van der Waals surface area contributed by atoms with Gasteiger partial charge < -0.3 is 10.1 Å². The molecule has 2 N–H and O–H groups in total. The van der Waals surface area contributed by atoms with Gasteiger partial charge in [-0.05, 0) is 68.5 Å². The third-order valence-electron chi connectivity index (χ3n) is 5.58. The van der Waals surface area contributed by atoms with E-state index in [1.807, 2.05) is 6.92 Å². The Morgan fingerprint density at radius 1 is 1.06 bits per heavy atom. The van der Waals surface area contributed by atoms with Crippen molar-refractivity contribution in [1.82, 2.24) is 10.0 Å². The third-order valence-corrected chi connectivity index (χ3v) is 7.10. The molecular formula is C22H26F2N2O4S. The molecule has 2 aromatic rings. The lowest BCUT2D eigenvalue weighted by Crippen LogP contribution is -2.41. The number of methoxy groups -OCH3 is 1. The SMILES string of the molecule is COc1ccc(S(=O)(=O)NC2CCC(C(=O)NC(C)c3ccc(F)cc3)CC2)cc1F. The number of hydrogen-bond donors (Lipinski definition) is 2. The molecule has 9 heteroatoms. The number of sulfonamides is 1. The molecule has 168 valence electrons. The highest BCUT2D eigenvalue weighted by atomic mass is 32.2. The number of halogens is 2. The molecule has 0 bridgehead atoms. The summed E-state index contributed by atoms with van der Waals surface area (Å²) in [6.45, 7) is 1.83. The number of benzene rings is 2. The topological polar surface area (TPSA) is 84.5 Å². The Hall–Kier alpha value is -2.52. The lowest BCUT2D eigenvalue weighted by Gasteiger charge is -2.29. The molecule has 0 heterocycles. The van der Waals surface area contributed by atoms with Crippen LogP contribution in [0.4, 0.5) is 8.78 Å². The fourth-order valence-corrected chi connectivity index (χ4v) is 5.06. The Morgan fingerprint density at radius 3 is 2.29 bits per heavy atom. The van der Waals surface area contributed by atoms with Crippen LogP contribution < -0.4 is 14.8 Å². The predicted octanol–water partition coefficient (Wildman–Crippen LogP) is 3.69. The van der Waals surface area contributed by atoms with E-state index in [2.05, 4.69) is 10.0 Å². The molecule has 0 aromatic heterocycles. The van der Waals surface area contributed by atoms with Crippen molar-refractivity contribution in [3.8, 4) is 5.75 Å². The Labute approximate surface area is 181 Å². The first-order valence-corrected chi connectivity index (χ1v) is 11.6. The number of carbonyl (C=O) groups excluding carboxylic acids is 1. The number of nitrogens with one attached hydrogen (secondary N) is 2. The zero-order valence-electron chi connectivity index (χ0n) is 17.4. The van der Waals surface area contributed by atoms with E-state index in [1.54, 1.807) is 12.1 Å². The molecule has 0 spiro atoms.